The zero-order valence-electron chi connectivity index (χ0n) is 11.9. The van der Waals surface area contributed by atoms with E-state index in [-0.39, 0.29) is 6.61 Å². The second-order valence-corrected chi connectivity index (χ2v) is 6.36. The molecule has 0 saturated carbocycles. The highest BCUT2D eigenvalue weighted by Crippen LogP contribution is 2.29. The van der Waals surface area contributed by atoms with Crippen LogP contribution in [-0.2, 0) is 19.5 Å². The van der Waals surface area contributed by atoms with Crippen molar-refractivity contribution in [2.45, 2.75) is 38.4 Å². The Hall–Kier alpha value is -1.17. The van der Waals surface area contributed by atoms with Crippen LogP contribution in [0.15, 0.2) is 34.9 Å². The molecule has 0 saturated heterocycles. The van der Waals surface area contributed by atoms with Gasteiger partial charge in [-0.2, -0.15) is 5.10 Å². The van der Waals surface area contributed by atoms with Crippen molar-refractivity contribution in [1.82, 2.24) is 15.1 Å². The minimum atomic E-state index is 0.143. The standard InChI is InChI=1S/C16H20BrN3O/c17-13-4-1-3-12(9-13)10-18-15-5-2-6-16-14(15)11-19-20(16)7-8-21/h1,3-4,9,11,15,18,21H,2,5-8,10H2. The number of nitrogens with zero attached hydrogens (tertiary/aromatic N) is 2. The lowest BCUT2D eigenvalue weighted by atomic mass is 9.93. The van der Waals surface area contributed by atoms with Gasteiger partial charge in [-0.15, -0.1) is 0 Å². The molecule has 0 spiro atoms. The first-order valence-corrected chi connectivity index (χ1v) is 8.20. The number of fused-ring (bicyclic) bond motifs is 1. The largest absolute Gasteiger partial charge is 0.394 e. The number of halogens is 1. The number of nitrogens with one attached hydrogen (secondary N) is 1. The lowest BCUT2D eigenvalue weighted by Crippen LogP contribution is -2.25. The van der Waals surface area contributed by atoms with Crippen LogP contribution in [0, 0.1) is 0 Å². The van der Waals surface area contributed by atoms with E-state index in [9.17, 15) is 0 Å². The lowest BCUT2D eigenvalue weighted by molar-refractivity contribution is 0.266. The molecule has 2 aromatic rings. The fourth-order valence-electron chi connectivity index (χ4n) is 3.01. The van der Waals surface area contributed by atoms with Gasteiger partial charge >= 0.3 is 0 Å². The van der Waals surface area contributed by atoms with Gasteiger partial charge in [0.05, 0.1) is 19.3 Å². The van der Waals surface area contributed by atoms with Gasteiger partial charge in [-0.3, -0.25) is 4.68 Å². The summed E-state index contributed by atoms with van der Waals surface area (Å²) < 4.78 is 3.06. The lowest BCUT2D eigenvalue weighted by Gasteiger charge is -2.24. The fraction of sp³-hybridized carbons (Fsp3) is 0.438. The Labute approximate surface area is 133 Å². The number of aliphatic hydroxyl groups is 1. The van der Waals surface area contributed by atoms with Crippen LogP contribution in [0.4, 0.5) is 0 Å². The van der Waals surface area contributed by atoms with Gasteiger partial charge in [-0.1, -0.05) is 28.1 Å². The van der Waals surface area contributed by atoms with Gasteiger partial charge in [0.2, 0.25) is 0 Å². The quantitative estimate of drug-likeness (QED) is 0.872. The van der Waals surface area contributed by atoms with Gasteiger partial charge in [0.1, 0.15) is 0 Å². The maximum Gasteiger partial charge on any atom is 0.0644 e. The summed E-state index contributed by atoms with van der Waals surface area (Å²) in [6.07, 6.45) is 5.33. The monoisotopic (exact) mass is 349 g/mol. The fourth-order valence-corrected chi connectivity index (χ4v) is 3.45. The summed E-state index contributed by atoms with van der Waals surface area (Å²) >= 11 is 3.51. The van der Waals surface area contributed by atoms with Gasteiger partial charge < -0.3 is 10.4 Å². The highest BCUT2D eigenvalue weighted by atomic mass is 79.9. The number of aromatic nitrogens is 2. The molecule has 0 fully saturated rings. The summed E-state index contributed by atoms with van der Waals surface area (Å²) in [5.74, 6) is 0. The number of benzene rings is 1. The van der Waals surface area contributed by atoms with Crippen molar-refractivity contribution in [2.24, 2.45) is 0 Å². The van der Waals surface area contributed by atoms with Crippen molar-refractivity contribution in [2.75, 3.05) is 6.61 Å². The molecule has 1 aliphatic carbocycles. The molecule has 112 valence electrons. The van der Waals surface area contributed by atoms with E-state index in [0.717, 1.165) is 23.9 Å². The Bertz CT molecular complexity index is 611. The van der Waals surface area contributed by atoms with Crippen LogP contribution in [-0.4, -0.2) is 21.5 Å². The van der Waals surface area contributed by atoms with Gasteiger partial charge in [0, 0.05) is 28.3 Å². The molecule has 1 aliphatic rings. The van der Waals surface area contributed by atoms with Gasteiger partial charge in [-0.25, -0.2) is 0 Å². The topological polar surface area (TPSA) is 50.1 Å². The molecule has 3 rings (SSSR count). The molecule has 5 heteroatoms. The van der Waals surface area contributed by atoms with Crippen molar-refractivity contribution in [3.05, 3.63) is 51.8 Å². The summed E-state index contributed by atoms with van der Waals surface area (Å²) in [5, 5.41) is 17.2. The van der Waals surface area contributed by atoms with E-state index in [0.29, 0.717) is 12.6 Å². The Morgan fingerprint density at radius 2 is 2.33 bits per heavy atom. The Morgan fingerprint density at radius 1 is 1.43 bits per heavy atom. The molecule has 0 bridgehead atoms. The van der Waals surface area contributed by atoms with Crippen molar-refractivity contribution in [3.8, 4) is 0 Å². The third-order valence-corrected chi connectivity index (χ3v) is 4.51. The average molecular weight is 350 g/mol. The van der Waals surface area contributed by atoms with Crippen LogP contribution in [0.2, 0.25) is 0 Å². The molecule has 1 heterocycles. The molecule has 4 nitrogen and oxygen atoms in total. The van der Waals surface area contributed by atoms with E-state index in [1.165, 1.54) is 23.2 Å². The van der Waals surface area contributed by atoms with Crippen molar-refractivity contribution >= 4 is 15.9 Å². The molecule has 1 aromatic heterocycles. The van der Waals surface area contributed by atoms with E-state index in [4.69, 9.17) is 5.11 Å². The van der Waals surface area contributed by atoms with Crippen molar-refractivity contribution in [1.29, 1.82) is 0 Å². The van der Waals surface area contributed by atoms with E-state index in [2.05, 4.69) is 44.5 Å². The first-order valence-electron chi connectivity index (χ1n) is 7.41. The Kier molecular flexibility index (Phi) is 4.73. The van der Waals surface area contributed by atoms with Crippen molar-refractivity contribution < 1.29 is 5.11 Å². The Morgan fingerprint density at radius 3 is 3.14 bits per heavy atom. The molecular weight excluding hydrogens is 330 g/mol. The van der Waals surface area contributed by atoms with Crippen LogP contribution in [0.5, 0.6) is 0 Å². The first kappa shape index (κ1) is 14.8. The zero-order chi connectivity index (χ0) is 14.7. The van der Waals surface area contributed by atoms with Gasteiger partial charge in [0.15, 0.2) is 0 Å². The Balaban J connectivity index is 1.70. The molecule has 1 aromatic carbocycles. The molecular formula is C16H20BrN3O. The molecule has 0 amide bonds. The van der Waals surface area contributed by atoms with Crippen LogP contribution in [0.25, 0.3) is 0 Å². The van der Waals surface area contributed by atoms with E-state index in [1.54, 1.807) is 0 Å². The number of hydrogen-bond acceptors (Lipinski definition) is 3. The average Bonchev–Trinajstić information content (AvgIpc) is 2.90. The van der Waals surface area contributed by atoms with E-state index >= 15 is 0 Å². The third-order valence-electron chi connectivity index (χ3n) is 4.02. The van der Waals surface area contributed by atoms with Gasteiger partial charge in [0.25, 0.3) is 0 Å². The highest BCUT2D eigenvalue weighted by molar-refractivity contribution is 9.10. The van der Waals surface area contributed by atoms with Crippen LogP contribution in [0.1, 0.15) is 35.7 Å². The molecule has 1 unspecified atom stereocenters. The summed E-state index contributed by atoms with van der Waals surface area (Å²) in [5.41, 5.74) is 3.85. The molecule has 2 N–H and O–H groups in total. The predicted molar refractivity (Wildman–Crippen MR) is 86.0 cm³/mol. The van der Waals surface area contributed by atoms with Crippen molar-refractivity contribution in [3.63, 3.8) is 0 Å². The summed E-state index contributed by atoms with van der Waals surface area (Å²) in [6, 6.07) is 8.75. The first-order chi connectivity index (χ1) is 10.3. The molecule has 1 atom stereocenters. The van der Waals surface area contributed by atoms with Crippen LogP contribution in [0.3, 0.4) is 0 Å². The summed E-state index contributed by atoms with van der Waals surface area (Å²) in [7, 11) is 0. The van der Waals surface area contributed by atoms with Crippen LogP contribution >= 0.6 is 15.9 Å². The predicted octanol–water partition coefficient (Wildman–Crippen LogP) is 2.81. The smallest absolute Gasteiger partial charge is 0.0644 e. The van der Waals surface area contributed by atoms with E-state index < -0.39 is 0 Å². The summed E-state index contributed by atoms with van der Waals surface area (Å²) in [6.45, 7) is 1.59. The maximum atomic E-state index is 9.10. The minimum Gasteiger partial charge on any atom is -0.394 e. The minimum absolute atomic E-state index is 0.143. The third kappa shape index (κ3) is 3.36. The zero-order valence-corrected chi connectivity index (χ0v) is 13.5. The van der Waals surface area contributed by atoms with Crippen LogP contribution < -0.4 is 5.32 Å². The molecule has 21 heavy (non-hydrogen) atoms. The number of rotatable bonds is 5. The van der Waals surface area contributed by atoms with Gasteiger partial charge in [-0.05, 0) is 37.0 Å². The normalized spacial score (nSPS) is 17.7. The maximum absolute atomic E-state index is 9.10. The SMILES string of the molecule is OCCn1ncc2c1CCCC2NCc1cccc(Br)c1. The number of aliphatic hydroxyl groups excluding tert-OH is 1. The highest BCUT2D eigenvalue weighted by Gasteiger charge is 2.23. The molecule has 0 radical (unpaired) electrons. The molecule has 0 aliphatic heterocycles. The summed E-state index contributed by atoms with van der Waals surface area (Å²) in [4.78, 5) is 0. The number of hydrogen-bond donors (Lipinski definition) is 2. The second-order valence-electron chi connectivity index (χ2n) is 5.45. The van der Waals surface area contributed by atoms with E-state index in [1.807, 2.05) is 16.9 Å². The second kappa shape index (κ2) is 6.73.